The maximum absolute atomic E-state index is 13.9. The number of hydrogen-bond donors (Lipinski definition) is 0. The minimum Gasteiger partial charge on any atom is -0.343 e. The molecule has 1 fully saturated rings. The fourth-order valence-electron chi connectivity index (χ4n) is 4.74. The second-order valence-corrected chi connectivity index (χ2v) is 11.0. The summed E-state index contributed by atoms with van der Waals surface area (Å²) in [5.74, 6) is 0.127. The van der Waals surface area contributed by atoms with Crippen LogP contribution in [-0.2, 0) is 21.5 Å². The van der Waals surface area contributed by atoms with Crippen molar-refractivity contribution in [3.63, 3.8) is 0 Å². The van der Waals surface area contributed by atoms with Gasteiger partial charge in [0.1, 0.15) is 0 Å². The summed E-state index contributed by atoms with van der Waals surface area (Å²) < 4.78 is 0. The lowest BCUT2D eigenvalue weighted by Gasteiger charge is -2.39. The summed E-state index contributed by atoms with van der Waals surface area (Å²) in [4.78, 5) is 31.6. The quantitative estimate of drug-likeness (QED) is 0.421. The highest BCUT2D eigenvalue weighted by molar-refractivity contribution is 6.42. The van der Waals surface area contributed by atoms with Crippen molar-refractivity contribution in [2.45, 2.75) is 51.1 Å². The first-order valence-corrected chi connectivity index (χ1v) is 13.1. The summed E-state index contributed by atoms with van der Waals surface area (Å²) in [6.45, 7) is 6.65. The average molecular weight is 539 g/mol. The number of rotatable bonds is 8. The van der Waals surface area contributed by atoms with Crippen LogP contribution in [0.5, 0.6) is 0 Å². The van der Waals surface area contributed by atoms with Crippen LogP contribution in [0.3, 0.4) is 0 Å². The molecule has 2 aromatic carbocycles. The highest BCUT2D eigenvalue weighted by atomic mass is 35.5. The van der Waals surface area contributed by atoms with Crippen LogP contribution in [0.4, 0.5) is 0 Å². The first-order chi connectivity index (χ1) is 16.5. The van der Waals surface area contributed by atoms with Crippen molar-refractivity contribution in [3.8, 4) is 0 Å². The highest BCUT2D eigenvalue weighted by Gasteiger charge is 2.38. The molecule has 35 heavy (non-hydrogen) atoms. The number of halogens is 3. The van der Waals surface area contributed by atoms with Crippen molar-refractivity contribution in [2.75, 3.05) is 33.7 Å². The average Bonchev–Trinajstić information content (AvgIpc) is 2.84. The van der Waals surface area contributed by atoms with Gasteiger partial charge >= 0.3 is 0 Å². The van der Waals surface area contributed by atoms with Crippen molar-refractivity contribution in [3.05, 3.63) is 68.7 Å². The molecule has 5 nitrogen and oxygen atoms in total. The molecule has 0 radical (unpaired) electrons. The van der Waals surface area contributed by atoms with Gasteiger partial charge in [-0.15, -0.1) is 0 Å². The van der Waals surface area contributed by atoms with Crippen LogP contribution < -0.4 is 0 Å². The molecule has 2 aromatic rings. The second-order valence-electron chi connectivity index (χ2n) is 9.70. The second kappa shape index (κ2) is 12.0. The summed E-state index contributed by atoms with van der Waals surface area (Å²) in [5.41, 5.74) is 1.09. The lowest BCUT2D eigenvalue weighted by atomic mass is 9.77. The zero-order valence-electron chi connectivity index (χ0n) is 20.9. The Kier molecular flexibility index (Phi) is 9.50. The fraction of sp³-hybridized carbons (Fsp3) is 0.481. The summed E-state index contributed by atoms with van der Waals surface area (Å²) in [7, 11) is 3.70. The predicted molar refractivity (Wildman–Crippen MR) is 144 cm³/mol. The molecule has 0 bridgehead atoms. The maximum Gasteiger partial charge on any atom is 0.233 e. The number of piperidine rings is 1. The molecule has 0 aromatic heterocycles. The molecule has 1 aliphatic heterocycles. The van der Waals surface area contributed by atoms with E-state index in [-0.39, 0.29) is 17.9 Å². The Morgan fingerprint density at radius 2 is 1.63 bits per heavy atom. The van der Waals surface area contributed by atoms with Gasteiger partial charge in [-0.05, 0) is 68.1 Å². The monoisotopic (exact) mass is 537 g/mol. The van der Waals surface area contributed by atoms with Gasteiger partial charge in [0.15, 0.2) is 0 Å². The van der Waals surface area contributed by atoms with E-state index in [1.807, 2.05) is 62.3 Å². The summed E-state index contributed by atoms with van der Waals surface area (Å²) in [6.07, 6.45) is 2.51. The van der Waals surface area contributed by atoms with Crippen molar-refractivity contribution < 1.29 is 9.59 Å². The number of likely N-dealkylation sites (N-methyl/N-ethyl adjacent to an activating group) is 1. The van der Waals surface area contributed by atoms with Crippen molar-refractivity contribution >= 4 is 46.6 Å². The van der Waals surface area contributed by atoms with Crippen LogP contribution in [0.25, 0.3) is 0 Å². The highest BCUT2D eigenvalue weighted by Crippen LogP contribution is 2.35. The number of amides is 2. The van der Waals surface area contributed by atoms with Gasteiger partial charge in [-0.2, -0.15) is 0 Å². The van der Waals surface area contributed by atoms with E-state index in [1.165, 1.54) is 0 Å². The molecular weight excluding hydrogens is 505 g/mol. The number of carbonyl (C=O) groups is 2. The van der Waals surface area contributed by atoms with E-state index in [0.717, 1.165) is 43.6 Å². The molecule has 190 valence electrons. The van der Waals surface area contributed by atoms with E-state index in [9.17, 15) is 9.59 Å². The van der Waals surface area contributed by atoms with Crippen LogP contribution in [0.2, 0.25) is 15.1 Å². The molecule has 1 saturated heterocycles. The van der Waals surface area contributed by atoms with E-state index >= 15 is 0 Å². The zero-order valence-corrected chi connectivity index (χ0v) is 23.1. The third kappa shape index (κ3) is 6.91. The Morgan fingerprint density at radius 1 is 1.00 bits per heavy atom. The third-order valence-electron chi connectivity index (χ3n) is 7.24. The van der Waals surface area contributed by atoms with Gasteiger partial charge in [-0.25, -0.2) is 0 Å². The largest absolute Gasteiger partial charge is 0.343 e. The molecule has 2 amide bonds. The molecule has 0 aliphatic carbocycles. The number of likely N-dealkylation sites (tertiary alicyclic amines) is 1. The van der Waals surface area contributed by atoms with Gasteiger partial charge < -0.3 is 14.7 Å². The lowest BCUT2D eigenvalue weighted by Crippen LogP contribution is -2.48. The molecule has 8 heteroatoms. The van der Waals surface area contributed by atoms with Gasteiger partial charge in [0, 0.05) is 51.7 Å². The molecule has 1 unspecified atom stereocenters. The molecule has 0 N–H and O–H groups in total. The predicted octanol–water partition coefficient (Wildman–Crippen LogP) is 5.90. The number of nitrogens with zero attached hydrogens (tertiary/aromatic N) is 3. The Balaban J connectivity index is 1.76. The normalized spacial score (nSPS) is 16.5. The minimum atomic E-state index is -0.775. The van der Waals surface area contributed by atoms with E-state index in [1.54, 1.807) is 17.9 Å². The van der Waals surface area contributed by atoms with Gasteiger partial charge in [-0.1, -0.05) is 53.0 Å². The van der Waals surface area contributed by atoms with Gasteiger partial charge in [0.25, 0.3) is 0 Å². The van der Waals surface area contributed by atoms with Crippen LogP contribution in [-0.4, -0.2) is 66.3 Å². The third-order valence-corrected chi connectivity index (χ3v) is 8.23. The van der Waals surface area contributed by atoms with Crippen molar-refractivity contribution in [1.29, 1.82) is 0 Å². The smallest absolute Gasteiger partial charge is 0.233 e. The van der Waals surface area contributed by atoms with Crippen LogP contribution in [0.15, 0.2) is 42.5 Å². The minimum absolute atomic E-state index is 0.0250. The van der Waals surface area contributed by atoms with Crippen LogP contribution >= 0.6 is 34.8 Å². The van der Waals surface area contributed by atoms with E-state index < -0.39 is 5.41 Å². The Hall–Kier alpha value is -1.79. The fourth-order valence-corrected chi connectivity index (χ4v) is 5.16. The lowest BCUT2D eigenvalue weighted by molar-refractivity contribution is -0.136. The Bertz CT molecular complexity index is 1040. The molecule has 1 heterocycles. The van der Waals surface area contributed by atoms with Crippen molar-refractivity contribution in [1.82, 2.24) is 14.7 Å². The van der Waals surface area contributed by atoms with Gasteiger partial charge in [0.05, 0.1) is 15.5 Å². The first kappa shape index (κ1) is 27.8. The van der Waals surface area contributed by atoms with E-state index in [2.05, 4.69) is 4.90 Å². The van der Waals surface area contributed by atoms with Crippen LogP contribution in [0, 0.1) is 0 Å². The SMILES string of the molecule is CC(=O)N(C)C1CCN(CCC(C)(C(=O)N(C)Cc2ccc(Cl)cc2)c2ccc(Cl)c(Cl)c2)CC1. The van der Waals surface area contributed by atoms with E-state index in [0.29, 0.717) is 28.0 Å². The molecular formula is C27H34Cl3N3O2. The number of hydrogen-bond acceptors (Lipinski definition) is 3. The Labute approximate surface area is 223 Å². The summed E-state index contributed by atoms with van der Waals surface area (Å²) >= 11 is 18.6. The summed E-state index contributed by atoms with van der Waals surface area (Å²) in [6, 6.07) is 13.3. The van der Waals surface area contributed by atoms with E-state index in [4.69, 9.17) is 34.8 Å². The van der Waals surface area contributed by atoms with Crippen molar-refractivity contribution in [2.24, 2.45) is 0 Å². The molecule has 1 atom stereocenters. The first-order valence-electron chi connectivity index (χ1n) is 11.9. The van der Waals surface area contributed by atoms with Crippen LogP contribution in [0.1, 0.15) is 44.2 Å². The molecule has 0 spiro atoms. The zero-order chi connectivity index (χ0) is 25.8. The topological polar surface area (TPSA) is 43.9 Å². The number of benzene rings is 2. The van der Waals surface area contributed by atoms with Gasteiger partial charge in [0.2, 0.25) is 11.8 Å². The molecule has 1 aliphatic rings. The summed E-state index contributed by atoms with van der Waals surface area (Å²) in [5, 5.41) is 1.58. The van der Waals surface area contributed by atoms with Gasteiger partial charge in [-0.3, -0.25) is 9.59 Å². The standard InChI is InChI=1S/C27H34Cl3N3O2/c1-19(34)32(4)23-11-14-33(15-12-23)16-13-27(2,21-7-10-24(29)25(30)17-21)26(35)31(3)18-20-5-8-22(28)9-6-20/h5-10,17,23H,11-16,18H2,1-4H3. The molecule has 3 rings (SSSR count). The molecule has 0 saturated carbocycles. The maximum atomic E-state index is 13.9. The Morgan fingerprint density at radius 3 is 2.20 bits per heavy atom. The number of carbonyl (C=O) groups excluding carboxylic acids is 2.